The number of nitrogens with zero attached hydrogens (tertiary/aromatic N) is 2. The monoisotopic (exact) mass is 354 g/mol. The highest BCUT2D eigenvalue weighted by atomic mass is 32.1. The van der Waals surface area contributed by atoms with Gasteiger partial charge in [0.1, 0.15) is 11.5 Å². The predicted molar refractivity (Wildman–Crippen MR) is 99.3 cm³/mol. The predicted octanol–water partition coefficient (Wildman–Crippen LogP) is 4.45. The Kier molecular flexibility index (Phi) is 5.00. The molecule has 2 aromatic carbocycles. The fraction of sp³-hybridized carbons (Fsp3) is 0.158. The summed E-state index contributed by atoms with van der Waals surface area (Å²) in [5.41, 5.74) is 2.02. The highest BCUT2D eigenvalue weighted by molar-refractivity contribution is 7.14. The van der Waals surface area contributed by atoms with E-state index in [0.29, 0.717) is 22.2 Å². The Morgan fingerprint density at radius 3 is 2.44 bits per heavy atom. The third-order valence-electron chi connectivity index (χ3n) is 3.65. The molecule has 3 aromatic rings. The van der Waals surface area contributed by atoms with E-state index < -0.39 is 0 Å². The molecular formula is C19H18N2O3S. The Morgan fingerprint density at radius 2 is 1.84 bits per heavy atom. The summed E-state index contributed by atoms with van der Waals surface area (Å²) in [7, 11) is 3.11. The van der Waals surface area contributed by atoms with Gasteiger partial charge in [0.25, 0.3) is 5.91 Å². The lowest BCUT2D eigenvalue weighted by atomic mass is 10.1. The molecule has 5 nitrogen and oxygen atoms in total. The molecule has 0 saturated carbocycles. The molecule has 1 amide bonds. The summed E-state index contributed by atoms with van der Waals surface area (Å²) in [5.74, 6) is 0.851. The van der Waals surface area contributed by atoms with Gasteiger partial charge in [0.15, 0.2) is 5.13 Å². The number of carbonyl (C=O) groups is 1. The van der Waals surface area contributed by atoms with Crippen molar-refractivity contribution in [2.45, 2.75) is 6.92 Å². The third kappa shape index (κ3) is 3.49. The van der Waals surface area contributed by atoms with Crippen LogP contribution in [0.15, 0.2) is 53.9 Å². The summed E-state index contributed by atoms with van der Waals surface area (Å²) in [5, 5.41) is 2.53. The topological polar surface area (TPSA) is 51.7 Å². The third-order valence-corrected chi connectivity index (χ3v) is 4.60. The molecule has 0 aliphatic rings. The smallest absolute Gasteiger partial charge is 0.268 e. The molecule has 0 N–H and O–H groups in total. The average Bonchev–Trinajstić information content (AvgIpc) is 3.08. The first-order valence-electron chi connectivity index (χ1n) is 7.67. The number of hydrogen-bond donors (Lipinski definition) is 0. The highest BCUT2D eigenvalue weighted by Crippen LogP contribution is 2.33. The van der Waals surface area contributed by atoms with Crippen molar-refractivity contribution < 1.29 is 14.3 Å². The maximum atomic E-state index is 13.4. The number of methoxy groups -OCH3 is 2. The summed E-state index contributed by atoms with van der Waals surface area (Å²) in [6.45, 7) is 1.90. The van der Waals surface area contributed by atoms with Crippen LogP contribution in [0, 0.1) is 6.92 Å². The van der Waals surface area contributed by atoms with Crippen molar-refractivity contribution in [3.8, 4) is 11.5 Å². The fourth-order valence-corrected chi connectivity index (χ4v) is 3.26. The Labute approximate surface area is 150 Å². The van der Waals surface area contributed by atoms with Crippen molar-refractivity contribution in [2.24, 2.45) is 0 Å². The lowest BCUT2D eigenvalue weighted by Gasteiger charge is -2.21. The van der Waals surface area contributed by atoms with Crippen LogP contribution in [0.5, 0.6) is 11.5 Å². The second kappa shape index (κ2) is 7.36. The van der Waals surface area contributed by atoms with Crippen molar-refractivity contribution in [3.05, 3.63) is 65.2 Å². The van der Waals surface area contributed by atoms with E-state index in [9.17, 15) is 4.79 Å². The minimum absolute atomic E-state index is 0.226. The molecule has 0 aliphatic heterocycles. The molecule has 25 heavy (non-hydrogen) atoms. The standard InChI is InChI=1S/C19H18N2O3S/c1-13-12-25-19(20-13)21(14-7-5-4-6-8-14)18(22)16-11-15(23-2)9-10-17(16)24-3/h4-12H,1-3H3. The molecular weight excluding hydrogens is 336 g/mol. The molecule has 0 saturated heterocycles. The van der Waals surface area contributed by atoms with E-state index in [1.165, 1.54) is 11.3 Å². The average molecular weight is 354 g/mol. The number of ether oxygens (including phenoxy) is 2. The number of hydrogen-bond acceptors (Lipinski definition) is 5. The number of anilines is 2. The van der Waals surface area contributed by atoms with Gasteiger partial charge in [-0.25, -0.2) is 4.98 Å². The second-order valence-corrected chi connectivity index (χ2v) is 6.15. The zero-order chi connectivity index (χ0) is 17.8. The van der Waals surface area contributed by atoms with E-state index in [-0.39, 0.29) is 5.91 Å². The molecule has 1 heterocycles. The normalized spacial score (nSPS) is 10.4. The lowest BCUT2D eigenvalue weighted by Crippen LogP contribution is -2.26. The first kappa shape index (κ1) is 17.0. The summed E-state index contributed by atoms with van der Waals surface area (Å²) in [6, 6.07) is 14.6. The van der Waals surface area contributed by atoms with Crippen molar-refractivity contribution in [2.75, 3.05) is 19.1 Å². The maximum absolute atomic E-state index is 13.4. The van der Waals surface area contributed by atoms with Crippen LogP contribution in [0.4, 0.5) is 10.8 Å². The largest absolute Gasteiger partial charge is 0.497 e. The quantitative estimate of drug-likeness (QED) is 0.679. The number of amides is 1. The van der Waals surface area contributed by atoms with Crippen LogP contribution in [-0.2, 0) is 0 Å². The number of thiazole rings is 1. The molecule has 0 aliphatic carbocycles. The zero-order valence-corrected chi connectivity index (χ0v) is 15.0. The van der Waals surface area contributed by atoms with Crippen LogP contribution in [-0.4, -0.2) is 25.1 Å². The highest BCUT2D eigenvalue weighted by Gasteiger charge is 2.25. The summed E-state index contributed by atoms with van der Waals surface area (Å²) in [4.78, 5) is 19.4. The van der Waals surface area contributed by atoms with Gasteiger partial charge < -0.3 is 9.47 Å². The van der Waals surface area contributed by atoms with E-state index in [1.54, 1.807) is 37.3 Å². The zero-order valence-electron chi connectivity index (χ0n) is 14.2. The summed E-state index contributed by atoms with van der Waals surface area (Å²) < 4.78 is 10.6. The molecule has 1 aromatic heterocycles. The lowest BCUT2D eigenvalue weighted by molar-refractivity contribution is 0.0996. The molecule has 0 unspecified atom stereocenters. The van der Waals surface area contributed by atoms with Gasteiger partial charge >= 0.3 is 0 Å². The summed E-state index contributed by atoms with van der Waals surface area (Å²) in [6.07, 6.45) is 0. The van der Waals surface area contributed by atoms with Crippen LogP contribution < -0.4 is 14.4 Å². The Bertz CT molecular complexity index is 877. The van der Waals surface area contributed by atoms with Crippen LogP contribution in [0.25, 0.3) is 0 Å². The van der Waals surface area contributed by atoms with E-state index >= 15 is 0 Å². The van der Waals surface area contributed by atoms with Crippen LogP contribution in [0.1, 0.15) is 16.1 Å². The number of aromatic nitrogens is 1. The molecule has 128 valence electrons. The molecule has 0 atom stereocenters. The molecule has 3 rings (SSSR count). The van der Waals surface area contributed by atoms with E-state index in [4.69, 9.17) is 9.47 Å². The summed E-state index contributed by atoms with van der Waals surface area (Å²) >= 11 is 1.42. The minimum atomic E-state index is -0.226. The van der Waals surface area contributed by atoms with E-state index in [0.717, 1.165) is 11.4 Å². The van der Waals surface area contributed by atoms with Gasteiger partial charge in [-0.05, 0) is 37.3 Å². The van der Waals surface area contributed by atoms with Crippen molar-refractivity contribution in [1.29, 1.82) is 0 Å². The van der Waals surface area contributed by atoms with E-state index in [2.05, 4.69) is 4.98 Å². The maximum Gasteiger partial charge on any atom is 0.268 e. The molecule has 6 heteroatoms. The first-order chi connectivity index (χ1) is 12.1. The number of benzene rings is 2. The Balaban J connectivity index is 2.12. The molecule has 0 bridgehead atoms. The number of aryl methyl sites for hydroxylation is 1. The van der Waals surface area contributed by atoms with Crippen LogP contribution >= 0.6 is 11.3 Å². The minimum Gasteiger partial charge on any atom is -0.497 e. The van der Waals surface area contributed by atoms with Crippen molar-refractivity contribution >= 4 is 28.1 Å². The van der Waals surface area contributed by atoms with Crippen molar-refractivity contribution in [3.63, 3.8) is 0 Å². The number of para-hydroxylation sites is 1. The second-order valence-electron chi connectivity index (χ2n) is 5.31. The Hall–Kier alpha value is -2.86. The van der Waals surface area contributed by atoms with Crippen LogP contribution in [0.3, 0.4) is 0 Å². The van der Waals surface area contributed by atoms with Gasteiger partial charge in [-0.1, -0.05) is 18.2 Å². The first-order valence-corrected chi connectivity index (χ1v) is 8.55. The number of carbonyl (C=O) groups excluding carboxylic acids is 1. The van der Waals surface area contributed by atoms with Gasteiger partial charge in [-0.3, -0.25) is 9.69 Å². The van der Waals surface area contributed by atoms with E-state index in [1.807, 2.05) is 42.6 Å². The van der Waals surface area contributed by atoms with Gasteiger partial charge in [0, 0.05) is 5.38 Å². The molecule has 0 spiro atoms. The molecule has 0 radical (unpaired) electrons. The Morgan fingerprint density at radius 1 is 1.08 bits per heavy atom. The van der Waals surface area contributed by atoms with Gasteiger partial charge in [0.2, 0.25) is 0 Å². The van der Waals surface area contributed by atoms with Crippen LogP contribution in [0.2, 0.25) is 0 Å². The SMILES string of the molecule is COc1ccc(OC)c(C(=O)N(c2ccccc2)c2nc(C)cs2)c1. The molecule has 0 fully saturated rings. The fourth-order valence-electron chi connectivity index (χ4n) is 2.44. The van der Waals surface area contributed by atoms with Crippen molar-refractivity contribution in [1.82, 2.24) is 4.98 Å². The van der Waals surface area contributed by atoms with Gasteiger partial charge in [-0.2, -0.15) is 0 Å². The van der Waals surface area contributed by atoms with Gasteiger partial charge in [0.05, 0.1) is 31.2 Å². The number of rotatable bonds is 5. The van der Waals surface area contributed by atoms with Gasteiger partial charge in [-0.15, -0.1) is 11.3 Å².